The van der Waals surface area contributed by atoms with Gasteiger partial charge in [-0.15, -0.1) is 10.2 Å². The van der Waals surface area contributed by atoms with Gasteiger partial charge < -0.3 is 5.11 Å². The van der Waals surface area contributed by atoms with E-state index < -0.39 is 16.4 Å². The molecule has 1 aromatic carbocycles. The number of azo groups is 1. The zero-order chi connectivity index (χ0) is 17.9. The number of rotatable bonds is 4. The molecule has 0 saturated carbocycles. The molecule has 1 N–H and O–H groups in total. The quantitative estimate of drug-likeness (QED) is 0.523. The molecule has 2 rings (SSSR count). The molecule has 0 spiro atoms. The Morgan fingerprint density at radius 1 is 1.38 bits per heavy atom. The topological polar surface area (TPSA) is 134 Å². The third kappa shape index (κ3) is 2.85. The van der Waals surface area contributed by atoms with Crippen molar-refractivity contribution in [2.24, 2.45) is 10.2 Å². The number of para-hydroxylation sites is 1. The number of benzene rings is 1. The van der Waals surface area contributed by atoms with E-state index in [1.165, 1.54) is 25.1 Å². The van der Waals surface area contributed by atoms with Gasteiger partial charge in [0.15, 0.2) is 11.4 Å². The number of pyridine rings is 1. The fraction of sp³-hybridized carbons (Fsp3) is 0.200. The van der Waals surface area contributed by atoms with Crippen LogP contribution in [-0.4, -0.2) is 14.6 Å². The lowest BCUT2D eigenvalue weighted by Gasteiger charge is -2.10. The second-order valence-electron chi connectivity index (χ2n) is 4.78. The first-order chi connectivity index (χ1) is 11.4. The standard InChI is InChI=1S/C15H13N5O4/c1-3-19-14(21)10(8-16)9(2)13(15(19)22)18-17-11-6-4-5-7-12(11)20(23)24/h4-7,21H,3H2,1-2H3. The largest absolute Gasteiger partial charge is 0.493 e. The molecule has 9 nitrogen and oxygen atoms in total. The summed E-state index contributed by atoms with van der Waals surface area (Å²) in [6.07, 6.45) is 0. The molecule has 0 atom stereocenters. The monoisotopic (exact) mass is 327 g/mol. The van der Waals surface area contributed by atoms with Crippen LogP contribution in [0.4, 0.5) is 17.1 Å². The van der Waals surface area contributed by atoms with Crippen LogP contribution in [0.3, 0.4) is 0 Å². The van der Waals surface area contributed by atoms with Crippen LogP contribution >= 0.6 is 0 Å². The molecule has 9 heteroatoms. The van der Waals surface area contributed by atoms with Crippen LogP contribution in [0.25, 0.3) is 0 Å². The molecule has 122 valence electrons. The summed E-state index contributed by atoms with van der Waals surface area (Å²) in [4.78, 5) is 22.7. The Hall–Kier alpha value is -3.54. The molecule has 0 unspecified atom stereocenters. The molecule has 0 aliphatic rings. The van der Waals surface area contributed by atoms with Crippen LogP contribution in [0.15, 0.2) is 39.3 Å². The average Bonchev–Trinajstić information content (AvgIpc) is 2.55. The molecule has 2 aromatic rings. The molecule has 0 amide bonds. The van der Waals surface area contributed by atoms with Gasteiger partial charge in [-0.3, -0.25) is 19.5 Å². The molecule has 0 aliphatic heterocycles. The molecular weight excluding hydrogens is 314 g/mol. The molecule has 1 aromatic heterocycles. The Labute approximate surface area is 136 Å². The minimum Gasteiger partial charge on any atom is -0.493 e. The first-order valence-corrected chi connectivity index (χ1v) is 6.94. The molecular formula is C15H13N5O4. The maximum atomic E-state index is 12.4. The van der Waals surface area contributed by atoms with Crippen LogP contribution < -0.4 is 5.56 Å². The van der Waals surface area contributed by atoms with Gasteiger partial charge in [0.1, 0.15) is 11.6 Å². The van der Waals surface area contributed by atoms with Gasteiger partial charge in [0.25, 0.3) is 11.2 Å². The van der Waals surface area contributed by atoms with Crippen molar-refractivity contribution in [3.8, 4) is 11.9 Å². The van der Waals surface area contributed by atoms with Gasteiger partial charge >= 0.3 is 0 Å². The lowest BCUT2D eigenvalue weighted by Crippen LogP contribution is -2.20. The highest BCUT2D eigenvalue weighted by atomic mass is 16.6. The summed E-state index contributed by atoms with van der Waals surface area (Å²) in [6, 6.07) is 7.51. The highest BCUT2D eigenvalue weighted by Gasteiger charge is 2.19. The van der Waals surface area contributed by atoms with Gasteiger partial charge in [-0.2, -0.15) is 5.26 Å². The predicted octanol–water partition coefficient (Wildman–Crippen LogP) is 3.08. The first-order valence-electron chi connectivity index (χ1n) is 6.94. The van der Waals surface area contributed by atoms with Crippen molar-refractivity contribution >= 4 is 17.1 Å². The van der Waals surface area contributed by atoms with Crippen molar-refractivity contribution in [1.82, 2.24) is 4.57 Å². The lowest BCUT2D eigenvalue weighted by molar-refractivity contribution is -0.384. The smallest absolute Gasteiger partial charge is 0.296 e. The Kier molecular flexibility index (Phi) is 4.70. The van der Waals surface area contributed by atoms with E-state index in [9.17, 15) is 20.0 Å². The molecule has 1 heterocycles. The van der Waals surface area contributed by atoms with Crippen LogP contribution in [0.5, 0.6) is 5.88 Å². The number of aromatic hydroxyl groups is 1. The molecule has 0 aliphatic carbocycles. The van der Waals surface area contributed by atoms with Crippen molar-refractivity contribution in [1.29, 1.82) is 5.26 Å². The maximum Gasteiger partial charge on any atom is 0.296 e. The minimum atomic E-state index is -0.631. The number of nitrogens with zero attached hydrogens (tertiary/aromatic N) is 5. The number of aromatic nitrogens is 1. The fourth-order valence-electron chi connectivity index (χ4n) is 2.16. The summed E-state index contributed by atoms with van der Waals surface area (Å²) in [5.74, 6) is -0.438. The van der Waals surface area contributed by atoms with Crippen molar-refractivity contribution in [2.75, 3.05) is 0 Å². The normalized spacial score (nSPS) is 10.7. The summed E-state index contributed by atoms with van der Waals surface area (Å²) in [5.41, 5.74) is -0.983. The number of hydrogen-bond donors (Lipinski definition) is 1. The van der Waals surface area contributed by atoms with Gasteiger partial charge in [-0.1, -0.05) is 12.1 Å². The number of nitro groups is 1. The van der Waals surface area contributed by atoms with Crippen LogP contribution in [0.2, 0.25) is 0 Å². The van der Waals surface area contributed by atoms with Gasteiger partial charge in [0, 0.05) is 18.2 Å². The van der Waals surface area contributed by atoms with Crippen molar-refractivity contribution < 1.29 is 10.0 Å². The fourth-order valence-corrected chi connectivity index (χ4v) is 2.16. The molecule has 0 bridgehead atoms. The number of nitro benzene ring substituents is 1. The Balaban J connectivity index is 2.66. The predicted molar refractivity (Wildman–Crippen MR) is 84.8 cm³/mol. The average molecular weight is 327 g/mol. The van der Waals surface area contributed by atoms with E-state index in [0.29, 0.717) is 0 Å². The molecule has 0 fully saturated rings. The second kappa shape index (κ2) is 6.70. The summed E-state index contributed by atoms with van der Waals surface area (Å²) < 4.78 is 0.985. The molecule has 24 heavy (non-hydrogen) atoms. The van der Waals surface area contributed by atoms with Crippen molar-refractivity contribution in [2.45, 2.75) is 20.4 Å². The van der Waals surface area contributed by atoms with Gasteiger partial charge in [-0.05, 0) is 19.9 Å². The van der Waals surface area contributed by atoms with Gasteiger partial charge in [0.05, 0.1) is 4.92 Å². The van der Waals surface area contributed by atoms with Gasteiger partial charge in [-0.25, -0.2) is 0 Å². The van der Waals surface area contributed by atoms with E-state index in [0.717, 1.165) is 4.57 Å². The van der Waals surface area contributed by atoms with Crippen molar-refractivity contribution in [3.63, 3.8) is 0 Å². The SMILES string of the molecule is CCn1c(O)c(C#N)c(C)c(N=Nc2ccccc2[N+](=O)[O-])c1=O. The number of hydrogen-bond acceptors (Lipinski definition) is 7. The maximum absolute atomic E-state index is 12.4. The lowest BCUT2D eigenvalue weighted by atomic mass is 10.1. The van der Waals surface area contributed by atoms with E-state index >= 15 is 0 Å². The van der Waals surface area contributed by atoms with Crippen molar-refractivity contribution in [3.05, 3.63) is 55.9 Å². The molecule has 0 radical (unpaired) electrons. The van der Waals surface area contributed by atoms with E-state index in [2.05, 4.69) is 10.2 Å². The molecule has 0 saturated heterocycles. The van der Waals surface area contributed by atoms with E-state index in [1.807, 2.05) is 6.07 Å². The zero-order valence-electron chi connectivity index (χ0n) is 12.9. The number of nitriles is 1. The van der Waals surface area contributed by atoms with Gasteiger partial charge in [0.2, 0.25) is 5.88 Å². The highest BCUT2D eigenvalue weighted by Crippen LogP contribution is 2.30. The van der Waals surface area contributed by atoms with Crippen LogP contribution in [0, 0.1) is 28.4 Å². The Morgan fingerprint density at radius 3 is 2.62 bits per heavy atom. The minimum absolute atomic E-state index is 0.0177. The van der Waals surface area contributed by atoms with E-state index in [1.54, 1.807) is 13.0 Å². The third-order valence-electron chi connectivity index (χ3n) is 3.42. The Morgan fingerprint density at radius 2 is 2.04 bits per heavy atom. The van der Waals surface area contributed by atoms with E-state index in [-0.39, 0.29) is 34.7 Å². The first kappa shape index (κ1) is 16.8. The summed E-state index contributed by atoms with van der Waals surface area (Å²) in [5, 5.41) is 37.7. The zero-order valence-corrected chi connectivity index (χ0v) is 12.9. The third-order valence-corrected chi connectivity index (χ3v) is 3.42. The summed E-state index contributed by atoms with van der Waals surface area (Å²) in [7, 11) is 0. The van der Waals surface area contributed by atoms with Crippen LogP contribution in [-0.2, 0) is 6.54 Å². The highest BCUT2D eigenvalue weighted by molar-refractivity contribution is 5.59. The summed E-state index contributed by atoms with van der Waals surface area (Å²) in [6.45, 7) is 3.21. The van der Waals surface area contributed by atoms with Crippen LogP contribution in [0.1, 0.15) is 18.1 Å². The summed E-state index contributed by atoms with van der Waals surface area (Å²) >= 11 is 0. The Bertz CT molecular complexity index is 940. The van der Waals surface area contributed by atoms with E-state index in [4.69, 9.17) is 5.26 Å². The second-order valence-corrected chi connectivity index (χ2v) is 4.78.